The second kappa shape index (κ2) is 32.4. The van der Waals surface area contributed by atoms with Gasteiger partial charge in [-0.2, -0.15) is 0 Å². The second-order valence-electron chi connectivity index (χ2n) is 28.9. The summed E-state index contributed by atoms with van der Waals surface area (Å²) in [5, 5.41) is 71.4. The van der Waals surface area contributed by atoms with Gasteiger partial charge in [-0.05, 0) is 197 Å². The summed E-state index contributed by atoms with van der Waals surface area (Å²) in [4.78, 5) is 130. The molecule has 27 nitrogen and oxygen atoms in total. The number of fused-ring (bicyclic) bond motifs is 5. The lowest BCUT2D eigenvalue weighted by atomic mass is 9.94. The molecule has 1 aliphatic carbocycles. The molecule has 0 unspecified atom stereocenters. The Morgan fingerprint density at radius 2 is 0.687 bits per heavy atom. The fourth-order valence-electron chi connectivity index (χ4n) is 14.5. The van der Waals surface area contributed by atoms with Crippen molar-refractivity contribution in [2.75, 3.05) is 0 Å². The average molecular weight is 1550 g/mol. The standard InChI is InChI=1S/C18H18N2O4.C18H16N2O3.C18H18N2O3.C17H16N2O4.C17H16N2O3/c1-9(2)13-15(19-17(22)14(16(13)21)18(23)24)11-4-5-12-10(8-11)6-7-20(12)3;1-20-7-6-11-8-12(4-5-15(11)20)16-13(10-2-3-10)9-14(18(22)23)17(21)19-16;1-10(2)13-9-14(18(22)23)17(21)19-16(13)12-4-5-15-11(8-12)6-7-20(15)3;1-3-11-14(18-16(21)13(15(11)20)17(22)23)10-4-5-12-9(8-10)6-7-19(12)2;1-3-10-9-13(17(21)22)16(20)18-15(10)12-4-5-14-11(8-12)6-7-19(14)2/h4-9H,1-3H3,(H,23,24)(H2,19,21,22);4-10H,2-3H2,1H3,(H,19,21)(H,22,23);4-10H,1-3H3,(H,19,21)(H,22,23);4-8H,3H2,1-2H3,(H,22,23)(H2,18,20,21);4-9H,3H2,1-2H3,(H,18,20)(H,21,22). The van der Waals surface area contributed by atoms with Crippen LogP contribution in [0.2, 0.25) is 0 Å². The zero-order valence-electron chi connectivity index (χ0n) is 64.7. The van der Waals surface area contributed by atoms with Crippen molar-refractivity contribution in [1.82, 2.24) is 47.8 Å². The SMILES string of the molecule is CC(C)c1c(-c2ccc3c(ccn3C)c2)[nH]c(=O)c(C(=O)O)c1O.CC(C)c1cc(C(=O)O)c(=O)[nH]c1-c1ccc2c(ccn2C)c1.CCc1c(-c2ccc3c(ccn3C)c2)[nH]c(=O)c(C(=O)O)c1O.CCc1cc(C(=O)O)c(=O)[nH]c1-c1ccc2c(ccn2C)c1.Cn1ccc2cc(-c3[nH]c(=O)c(C(=O)O)cc3C3CC3)ccc21. The van der Waals surface area contributed by atoms with Gasteiger partial charge in [0.05, 0.1) is 28.5 Å². The average Bonchev–Trinajstić information content (AvgIpc) is 1.19. The molecular weight excluding hydrogens is 1470 g/mol. The number of carboxylic acids is 5. The number of rotatable bonds is 15. The van der Waals surface area contributed by atoms with E-state index < -0.39 is 80.3 Å². The highest BCUT2D eigenvalue weighted by molar-refractivity contribution is 5.96. The number of aromatic nitrogens is 10. The third-order valence-electron chi connectivity index (χ3n) is 20.7. The first kappa shape index (κ1) is 80.0. The largest absolute Gasteiger partial charge is 0.506 e. The molecule has 0 aliphatic heterocycles. The summed E-state index contributed by atoms with van der Waals surface area (Å²) in [5.74, 6) is -7.16. The highest BCUT2D eigenvalue weighted by atomic mass is 16.4. The van der Waals surface area contributed by atoms with Gasteiger partial charge in [0.25, 0.3) is 27.8 Å². The molecule has 27 heteroatoms. The van der Waals surface area contributed by atoms with E-state index in [0.717, 1.165) is 118 Å². The minimum Gasteiger partial charge on any atom is -0.506 e. The molecule has 0 radical (unpaired) electrons. The highest BCUT2D eigenvalue weighted by Crippen LogP contribution is 2.44. The maximum absolute atomic E-state index is 12.1. The van der Waals surface area contributed by atoms with Crippen molar-refractivity contribution in [3.8, 4) is 67.8 Å². The van der Waals surface area contributed by atoms with Crippen LogP contribution in [0.1, 0.15) is 152 Å². The maximum Gasteiger partial charge on any atom is 0.345 e. The zero-order chi connectivity index (χ0) is 83.0. The number of aromatic hydroxyl groups is 2. The monoisotopic (exact) mass is 1550 g/mol. The summed E-state index contributed by atoms with van der Waals surface area (Å²) in [6.45, 7) is 11.4. The predicted octanol–water partition coefficient (Wildman–Crippen LogP) is 14.8. The smallest absolute Gasteiger partial charge is 0.345 e. The van der Waals surface area contributed by atoms with Crippen LogP contribution in [0.25, 0.3) is 111 Å². The Morgan fingerprint density at radius 3 is 1.04 bits per heavy atom. The highest BCUT2D eigenvalue weighted by Gasteiger charge is 2.30. The lowest BCUT2D eigenvalue weighted by Gasteiger charge is -2.16. The molecule has 16 rings (SSSR count). The van der Waals surface area contributed by atoms with E-state index in [4.69, 9.17) is 15.3 Å². The quantitative estimate of drug-likeness (QED) is 0.0453. The topological polar surface area (TPSA) is 416 Å². The number of carbonyl (C=O) groups is 5. The van der Waals surface area contributed by atoms with Crippen LogP contribution in [0.5, 0.6) is 11.5 Å². The summed E-state index contributed by atoms with van der Waals surface area (Å²) >= 11 is 0. The van der Waals surface area contributed by atoms with E-state index in [-0.39, 0.29) is 28.5 Å². The van der Waals surface area contributed by atoms with Gasteiger partial charge in [-0.25, -0.2) is 24.0 Å². The molecule has 10 aromatic heterocycles. The number of nitrogens with zero attached hydrogens (tertiary/aromatic N) is 5. The van der Waals surface area contributed by atoms with E-state index in [1.165, 1.54) is 12.1 Å². The molecule has 5 aromatic carbocycles. The Kier molecular flexibility index (Phi) is 22.6. The number of H-pyrrole nitrogens is 5. The molecule has 0 atom stereocenters. The Morgan fingerprint density at radius 1 is 0.365 bits per heavy atom. The molecule has 115 heavy (non-hydrogen) atoms. The number of nitrogens with one attached hydrogen (secondary N) is 5. The van der Waals surface area contributed by atoms with Crippen molar-refractivity contribution in [1.29, 1.82) is 0 Å². The summed E-state index contributed by atoms with van der Waals surface area (Å²) in [5.41, 5.74) is 10.7. The van der Waals surface area contributed by atoms with Crippen LogP contribution in [-0.4, -0.2) is 113 Å². The molecule has 1 fully saturated rings. The molecule has 0 saturated heterocycles. The number of aromatic carboxylic acids is 5. The van der Waals surface area contributed by atoms with Crippen molar-refractivity contribution in [3.05, 3.63) is 278 Å². The van der Waals surface area contributed by atoms with Crippen molar-refractivity contribution < 1.29 is 59.7 Å². The van der Waals surface area contributed by atoms with Gasteiger partial charge in [-0.3, -0.25) is 24.0 Å². The molecule has 12 N–H and O–H groups in total. The molecule has 15 aromatic rings. The van der Waals surface area contributed by atoms with Gasteiger partial charge in [-0.15, -0.1) is 0 Å². The van der Waals surface area contributed by atoms with Gasteiger partial charge in [0.15, 0.2) is 11.1 Å². The first-order chi connectivity index (χ1) is 54.7. The van der Waals surface area contributed by atoms with Crippen molar-refractivity contribution in [2.24, 2.45) is 35.2 Å². The molecule has 0 amide bonds. The summed E-state index contributed by atoms with van der Waals surface area (Å²) < 4.78 is 10.1. The van der Waals surface area contributed by atoms with Crippen molar-refractivity contribution in [3.63, 3.8) is 0 Å². The van der Waals surface area contributed by atoms with Crippen LogP contribution in [-0.2, 0) is 48.1 Å². The minimum absolute atomic E-state index is 0.0893. The number of hydrogen-bond donors (Lipinski definition) is 12. The van der Waals surface area contributed by atoms with Gasteiger partial charge >= 0.3 is 29.8 Å². The first-order valence-corrected chi connectivity index (χ1v) is 36.9. The lowest BCUT2D eigenvalue weighted by Crippen LogP contribution is -2.20. The van der Waals surface area contributed by atoms with Crippen LogP contribution in [0.4, 0.5) is 0 Å². The third-order valence-corrected chi connectivity index (χ3v) is 20.7. The molecule has 588 valence electrons. The number of pyridine rings is 5. The Balaban J connectivity index is 0.000000133. The van der Waals surface area contributed by atoms with Gasteiger partial charge in [-0.1, -0.05) is 71.9 Å². The number of aryl methyl sites for hydroxylation is 6. The van der Waals surface area contributed by atoms with Crippen LogP contribution in [0.15, 0.2) is 194 Å². The maximum atomic E-state index is 12.1. The molecule has 10 heterocycles. The van der Waals surface area contributed by atoms with Crippen LogP contribution >= 0.6 is 0 Å². The molecular formula is C88H84N10O17. The van der Waals surface area contributed by atoms with E-state index in [9.17, 15) is 68.4 Å². The Labute approximate surface area is 654 Å². The van der Waals surface area contributed by atoms with Gasteiger partial charge in [0, 0.05) is 132 Å². The fraction of sp³-hybridized carbons (Fsp3) is 0.205. The number of aromatic amines is 5. The molecule has 1 aliphatic rings. The number of carboxylic acid groups (broad SMARTS) is 5. The first-order valence-electron chi connectivity index (χ1n) is 36.9. The normalized spacial score (nSPS) is 11.8. The van der Waals surface area contributed by atoms with Crippen LogP contribution in [0.3, 0.4) is 0 Å². The van der Waals surface area contributed by atoms with E-state index in [1.807, 2.05) is 245 Å². The van der Waals surface area contributed by atoms with Crippen molar-refractivity contribution >= 4 is 84.4 Å². The minimum atomic E-state index is -1.44. The third kappa shape index (κ3) is 16.1. The van der Waals surface area contributed by atoms with Crippen molar-refractivity contribution in [2.45, 2.75) is 85.0 Å². The Hall–Kier alpha value is -14.5. The predicted molar refractivity (Wildman–Crippen MR) is 442 cm³/mol. The number of benzene rings is 5. The summed E-state index contributed by atoms with van der Waals surface area (Å²) in [6.07, 6.45) is 12.9. The summed E-state index contributed by atoms with van der Waals surface area (Å²) in [7, 11) is 9.82. The van der Waals surface area contributed by atoms with Gasteiger partial charge < -0.3 is 83.5 Å². The van der Waals surface area contributed by atoms with E-state index in [1.54, 1.807) is 13.0 Å². The van der Waals surface area contributed by atoms with E-state index in [2.05, 4.69) is 24.9 Å². The van der Waals surface area contributed by atoms with E-state index in [0.29, 0.717) is 52.7 Å². The molecule has 0 spiro atoms. The summed E-state index contributed by atoms with van der Waals surface area (Å²) in [6, 6.07) is 43.7. The lowest BCUT2D eigenvalue weighted by molar-refractivity contribution is 0.0680. The van der Waals surface area contributed by atoms with Crippen LogP contribution in [0, 0.1) is 0 Å². The fourth-order valence-corrected chi connectivity index (χ4v) is 14.5. The zero-order valence-corrected chi connectivity index (χ0v) is 64.7. The second-order valence-corrected chi connectivity index (χ2v) is 28.9. The van der Waals surface area contributed by atoms with Gasteiger partial charge in [0.2, 0.25) is 0 Å². The van der Waals surface area contributed by atoms with Crippen LogP contribution < -0.4 is 27.8 Å². The van der Waals surface area contributed by atoms with E-state index >= 15 is 0 Å². The Bertz CT molecular complexity index is 6600. The molecule has 1 saturated carbocycles. The molecule has 0 bridgehead atoms. The number of hydrogen-bond acceptors (Lipinski definition) is 12. The van der Waals surface area contributed by atoms with Gasteiger partial charge in [0.1, 0.15) is 28.2 Å².